The van der Waals surface area contributed by atoms with Crippen LogP contribution in [0, 0.1) is 0 Å². The van der Waals surface area contributed by atoms with Gasteiger partial charge < -0.3 is 15.0 Å². The molecular formula is C15H21N3O3S. The van der Waals surface area contributed by atoms with E-state index in [0.29, 0.717) is 30.7 Å². The van der Waals surface area contributed by atoms with Crippen LogP contribution in [0.3, 0.4) is 0 Å². The number of nitrogens with one attached hydrogen (secondary N) is 1. The summed E-state index contributed by atoms with van der Waals surface area (Å²) in [5.74, 6) is 1.46. The van der Waals surface area contributed by atoms with Gasteiger partial charge in [-0.2, -0.15) is 0 Å². The van der Waals surface area contributed by atoms with E-state index in [-0.39, 0.29) is 18.4 Å². The third kappa shape index (κ3) is 4.91. The van der Waals surface area contributed by atoms with Crippen LogP contribution in [-0.2, 0) is 16.1 Å². The molecule has 0 unspecified atom stereocenters. The smallest absolute Gasteiger partial charge is 0.239 e. The van der Waals surface area contributed by atoms with E-state index < -0.39 is 0 Å². The first-order valence-electron chi connectivity index (χ1n) is 7.39. The lowest BCUT2D eigenvalue weighted by Crippen LogP contribution is -2.37. The Kier molecular flexibility index (Phi) is 6.51. The predicted octanol–water partition coefficient (Wildman–Crippen LogP) is 1.41. The van der Waals surface area contributed by atoms with Crippen LogP contribution in [-0.4, -0.2) is 46.5 Å². The van der Waals surface area contributed by atoms with Crippen LogP contribution in [0.4, 0.5) is 0 Å². The molecule has 1 N–H and O–H groups in total. The summed E-state index contributed by atoms with van der Waals surface area (Å²) in [5, 5.41) is 2.82. The highest BCUT2D eigenvalue weighted by molar-refractivity contribution is 8.00. The van der Waals surface area contributed by atoms with Crippen molar-refractivity contribution < 1.29 is 14.3 Å². The number of nitrogens with zero attached hydrogens (tertiary/aromatic N) is 2. The van der Waals surface area contributed by atoms with Gasteiger partial charge in [-0.25, -0.2) is 4.98 Å². The summed E-state index contributed by atoms with van der Waals surface area (Å²) in [6.45, 7) is 3.18. The van der Waals surface area contributed by atoms with Crippen LogP contribution in [0.2, 0.25) is 0 Å². The molecule has 0 radical (unpaired) electrons. The average molecular weight is 323 g/mol. The minimum Gasteiger partial charge on any atom is -0.477 e. The SMILES string of the molecule is CCCCOc1ncccc1CNC(=O)CN1CSCC1=O. The highest BCUT2D eigenvalue weighted by atomic mass is 32.2. The average Bonchev–Trinajstić information content (AvgIpc) is 2.92. The molecule has 6 nitrogen and oxygen atoms in total. The van der Waals surface area contributed by atoms with E-state index in [2.05, 4.69) is 17.2 Å². The minimum absolute atomic E-state index is 0.0186. The Bertz CT molecular complexity index is 525. The lowest BCUT2D eigenvalue weighted by atomic mass is 10.2. The predicted molar refractivity (Wildman–Crippen MR) is 85.5 cm³/mol. The van der Waals surface area contributed by atoms with E-state index in [1.54, 1.807) is 11.1 Å². The van der Waals surface area contributed by atoms with Gasteiger partial charge >= 0.3 is 0 Å². The van der Waals surface area contributed by atoms with Crippen molar-refractivity contribution in [3.63, 3.8) is 0 Å². The Balaban J connectivity index is 1.82. The van der Waals surface area contributed by atoms with Crippen molar-refractivity contribution in [3.05, 3.63) is 23.9 Å². The van der Waals surface area contributed by atoms with E-state index in [1.165, 1.54) is 11.8 Å². The van der Waals surface area contributed by atoms with Gasteiger partial charge in [0.25, 0.3) is 0 Å². The molecule has 1 aromatic heterocycles. The van der Waals surface area contributed by atoms with Crippen LogP contribution >= 0.6 is 11.8 Å². The number of carbonyl (C=O) groups is 2. The fourth-order valence-electron chi connectivity index (χ4n) is 1.97. The van der Waals surface area contributed by atoms with Gasteiger partial charge in [0.15, 0.2) is 0 Å². The number of ether oxygens (including phenoxy) is 1. The summed E-state index contributed by atoms with van der Waals surface area (Å²) in [6, 6.07) is 3.69. The second-order valence-corrected chi connectivity index (χ2v) is 5.97. The molecule has 2 heterocycles. The van der Waals surface area contributed by atoms with Gasteiger partial charge in [0, 0.05) is 18.3 Å². The first-order valence-corrected chi connectivity index (χ1v) is 8.55. The fraction of sp³-hybridized carbons (Fsp3) is 0.533. The zero-order valence-corrected chi connectivity index (χ0v) is 13.5. The van der Waals surface area contributed by atoms with Gasteiger partial charge in [-0.15, -0.1) is 11.8 Å². The molecule has 1 aliphatic heterocycles. The number of unbranched alkanes of at least 4 members (excludes halogenated alkanes) is 1. The van der Waals surface area contributed by atoms with Crippen LogP contribution in [0.5, 0.6) is 5.88 Å². The Morgan fingerprint density at radius 3 is 3.14 bits per heavy atom. The molecule has 1 aromatic rings. The summed E-state index contributed by atoms with van der Waals surface area (Å²) >= 11 is 1.53. The molecule has 0 aromatic carbocycles. The molecule has 1 fully saturated rings. The second kappa shape index (κ2) is 8.63. The van der Waals surface area contributed by atoms with Crippen LogP contribution < -0.4 is 10.1 Å². The molecule has 7 heteroatoms. The van der Waals surface area contributed by atoms with Crippen molar-refractivity contribution in [3.8, 4) is 5.88 Å². The summed E-state index contributed by atoms with van der Waals surface area (Å²) in [4.78, 5) is 29.2. The molecule has 2 amide bonds. The molecule has 0 bridgehead atoms. The molecule has 0 saturated carbocycles. The monoisotopic (exact) mass is 323 g/mol. The van der Waals surface area contributed by atoms with Gasteiger partial charge in [-0.3, -0.25) is 9.59 Å². The Morgan fingerprint density at radius 1 is 1.55 bits per heavy atom. The Hall–Kier alpha value is -1.76. The number of pyridine rings is 1. The summed E-state index contributed by atoms with van der Waals surface area (Å²) in [5.41, 5.74) is 0.842. The van der Waals surface area contributed by atoms with Crippen molar-refractivity contribution in [1.82, 2.24) is 15.2 Å². The Morgan fingerprint density at radius 2 is 2.41 bits per heavy atom. The van der Waals surface area contributed by atoms with E-state index in [4.69, 9.17) is 4.74 Å². The lowest BCUT2D eigenvalue weighted by Gasteiger charge is -2.15. The van der Waals surface area contributed by atoms with Gasteiger partial charge in [0.05, 0.1) is 18.2 Å². The number of hydrogen-bond acceptors (Lipinski definition) is 5. The van der Waals surface area contributed by atoms with E-state index in [9.17, 15) is 9.59 Å². The maximum Gasteiger partial charge on any atom is 0.239 e. The van der Waals surface area contributed by atoms with Crippen molar-refractivity contribution in [2.75, 3.05) is 24.8 Å². The maximum atomic E-state index is 11.9. The zero-order valence-electron chi connectivity index (χ0n) is 12.7. The summed E-state index contributed by atoms with van der Waals surface area (Å²) in [6.07, 6.45) is 3.70. The molecule has 2 rings (SSSR count). The highest BCUT2D eigenvalue weighted by Gasteiger charge is 2.22. The molecule has 22 heavy (non-hydrogen) atoms. The molecular weight excluding hydrogens is 302 g/mol. The van der Waals surface area contributed by atoms with Gasteiger partial charge in [0.2, 0.25) is 17.7 Å². The van der Waals surface area contributed by atoms with E-state index in [1.807, 2.05) is 12.1 Å². The number of thioether (sulfide) groups is 1. The standard InChI is InChI=1S/C15H21N3O3S/c1-2-3-7-21-15-12(5-4-6-16-15)8-17-13(19)9-18-11-22-10-14(18)20/h4-6H,2-3,7-11H2,1H3,(H,17,19). The third-order valence-corrected chi connectivity index (χ3v) is 4.17. The molecule has 120 valence electrons. The number of rotatable bonds is 8. The molecule has 1 aliphatic rings. The fourth-order valence-corrected chi connectivity index (χ4v) is 2.87. The van der Waals surface area contributed by atoms with Gasteiger partial charge in [-0.1, -0.05) is 19.4 Å². The van der Waals surface area contributed by atoms with Crippen LogP contribution in [0.1, 0.15) is 25.3 Å². The van der Waals surface area contributed by atoms with Crippen molar-refractivity contribution in [1.29, 1.82) is 0 Å². The summed E-state index contributed by atoms with van der Waals surface area (Å²) in [7, 11) is 0. The summed E-state index contributed by atoms with van der Waals surface area (Å²) < 4.78 is 5.63. The van der Waals surface area contributed by atoms with Gasteiger partial charge in [-0.05, 0) is 12.5 Å². The van der Waals surface area contributed by atoms with Crippen molar-refractivity contribution in [2.24, 2.45) is 0 Å². The van der Waals surface area contributed by atoms with Crippen molar-refractivity contribution >= 4 is 23.6 Å². The first-order chi connectivity index (χ1) is 10.7. The number of carbonyl (C=O) groups excluding carboxylic acids is 2. The first kappa shape index (κ1) is 16.6. The molecule has 1 saturated heterocycles. The number of aromatic nitrogens is 1. The molecule has 0 aliphatic carbocycles. The third-order valence-electron chi connectivity index (χ3n) is 3.22. The minimum atomic E-state index is -0.167. The number of hydrogen-bond donors (Lipinski definition) is 1. The van der Waals surface area contributed by atoms with Crippen LogP contribution in [0.25, 0.3) is 0 Å². The van der Waals surface area contributed by atoms with Crippen LogP contribution in [0.15, 0.2) is 18.3 Å². The normalized spacial score (nSPS) is 14.2. The van der Waals surface area contributed by atoms with Crippen molar-refractivity contribution in [2.45, 2.75) is 26.3 Å². The molecule has 0 spiro atoms. The topological polar surface area (TPSA) is 71.5 Å². The largest absolute Gasteiger partial charge is 0.477 e. The van der Waals surface area contributed by atoms with Gasteiger partial charge in [0.1, 0.15) is 6.54 Å². The zero-order chi connectivity index (χ0) is 15.8. The Labute approximate surface area is 134 Å². The van der Waals surface area contributed by atoms with E-state index in [0.717, 1.165) is 18.4 Å². The molecule has 0 atom stereocenters. The quantitative estimate of drug-likeness (QED) is 0.733. The lowest BCUT2D eigenvalue weighted by molar-refractivity contribution is -0.132. The van der Waals surface area contributed by atoms with E-state index >= 15 is 0 Å². The second-order valence-electron chi connectivity index (χ2n) is 5.02. The number of amides is 2. The maximum absolute atomic E-state index is 11.9. The highest BCUT2D eigenvalue weighted by Crippen LogP contribution is 2.15.